The van der Waals surface area contributed by atoms with Gasteiger partial charge in [0.1, 0.15) is 23.0 Å². The summed E-state index contributed by atoms with van der Waals surface area (Å²) in [5.41, 5.74) is -1.59. The molecular weight excluding hydrogens is 784 g/mol. The van der Waals surface area contributed by atoms with Gasteiger partial charge in [0.05, 0.1) is 27.8 Å². The smallest absolute Gasteiger partial charge is 0.870 e. The van der Waals surface area contributed by atoms with Gasteiger partial charge < -0.3 is 45.3 Å². The number of nitrogens with one attached hydrogen (secondary N) is 2. The number of amides is 2. The van der Waals surface area contributed by atoms with Crippen molar-refractivity contribution in [3.8, 4) is 11.5 Å². The van der Waals surface area contributed by atoms with Gasteiger partial charge in [0.2, 0.25) is 0 Å². The summed E-state index contributed by atoms with van der Waals surface area (Å²) in [5, 5.41) is 29.0. The Morgan fingerprint density at radius 2 is 1.18 bits per heavy atom. The van der Waals surface area contributed by atoms with E-state index in [1.165, 1.54) is 46.2 Å². The van der Waals surface area contributed by atoms with Crippen LogP contribution in [-0.4, -0.2) is 84.0 Å². The van der Waals surface area contributed by atoms with Crippen LogP contribution in [0.1, 0.15) is 78.3 Å². The fourth-order valence-electron chi connectivity index (χ4n) is 5.81. The summed E-state index contributed by atoms with van der Waals surface area (Å²) in [7, 11) is 0. The number of H-pyrrole nitrogens is 2. The number of benzene rings is 2. The van der Waals surface area contributed by atoms with E-state index < -0.39 is 63.7 Å². The number of carbonyl (C=O) groups excluding carboxylic acids is 3. The van der Waals surface area contributed by atoms with Crippen LogP contribution >= 0.6 is 23.2 Å². The Kier molecular flexibility index (Phi) is 16.2. The van der Waals surface area contributed by atoms with E-state index in [9.17, 15) is 52.9 Å². The molecule has 2 aliphatic rings. The number of fused-ring (bicyclic) bond motifs is 2. The quantitative estimate of drug-likeness (QED) is 0.132. The molecule has 6 rings (SSSR count). The van der Waals surface area contributed by atoms with E-state index in [4.69, 9.17) is 27.9 Å². The number of aromatic hydroxyl groups is 2. The van der Waals surface area contributed by atoms with Gasteiger partial charge in [-0.3, -0.25) is 19.2 Å². The number of nitrogens with zero attached hydrogens (tertiary/aromatic N) is 2. The van der Waals surface area contributed by atoms with E-state index in [0.29, 0.717) is 11.1 Å². The number of aromatic carboxylic acids is 1. The van der Waals surface area contributed by atoms with Crippen molar-refractivity contribution < 1.29 is 83.0 Å². The first-order chi connectivity index (χ1) is 24.6. The fourth-order valence-corrected chi connectivity index (χ4v) is 6.22. The Morgan fingerprint density at radius 1 is 0.782 bits per heavy atom. The van der Waals surface area contributed by atoms with Crippen molar-refractivity contribution in [2.24, 2.45) is 0 Å². The molecule has 4 heterocycles. The van der Waals surface area contributed by atoms with Crippen molar-refractivity contribution in [2.45, 2.75) is 40.3 Å². The number of halogens is 4. The predicted octanol–water partition coefficient (Wildman–Crippen LogP) is 1.48. The minimum Gasteiger partial charge on any atom is -0.870 e. The number of aromatic amines is 2. The Morgan fingerprint density at radius 3 is 1.56 bits per heavy atom. The zero-order chi connectivity index (χ0) is 38.0. The average molecular weight is 818 g/mol. The topological polar surface area (TPSA) is 240 Å². The molecule has 6 N–H and O–H groups in total. The van der Waals surface area contributed by atoms with Crippen LogP contribution in [0.2, 0.25) is 10.0 Å². The number of ether oxygens (including phenoxy) is 1. The van der Waals surface area contributed by atoms with E-state index in [1.54, 1.807) is 6.92 Å². The van der Waals surface area contributed by atoms with Crippen LogP contribution in [0.15, 0.2) is 46.0 Å². The minimum atomic E-state index is -1.39. The van der Waals surface area contributed by atoms with Gasteiger partial charge in [0.15, 0.2) is 11.5 Å². The first kappa shape index (κ1) is 46.4. The van der Waals surface area contributed by atoms with Gasteiger partial charge >= 0.3 is 41.5 Å². The number of hydrogen-bond acceptors (Lipinski definition) is 10. The van der Waals surface area contributed by atoms with Crippen LogP contribution in [0.25, 0.3) is 0 Å². The molecule has 0 fully saturated rings. The zero-order valence-electron chi connectivity index (χ0n) is 28.5. The summed E-state index contributed by atoms with van der Waals surface area (Å²) in [6, 6.07) is 8.10. The van der Waals surface area contributed by atoms with Gasteiger partial charge in [-0.25, -0.2) is 18.4 Å². The third-order valence-electron chi connectivity index (χ3n) is 8.26. The molecule has 2 aromatic heterocycles. The molecule has 15 nitrogen and oxygen atoms in total. The van der Waals surface area contributed by atoms with E-state index in [2.05, 4.69) is 9.97 Å². The molecule has 0 atom stereocenters. The SMILES string of the molecule is C.CCOC(=O)c1[nH]c(=O)c(O)c2c1CCN(Cc1ccc(F)c(Cl)c1)C2=O.O=C(O)c1[nH]c(=O)c(O)c2c1CCN(Cc1ccc(F)c(Cl)c1)C2=O.[Na+].[OH-]. The van der Waals surface area contributed by atoms with Crippen molar-refractivity contribution >= 4 is 47.0 Å². The second-order valence-corrected chi connectivity index (χ2v) is 12.4. The molecule has 0 bridgehead atoms. The molecule has 0 unspecified atom stereocenters. The van der Waals surface area contributed by atoms with Crippen molar-refractivity contribution in [3.63, 3.8) is 0 Å². The summed E-state index contributed by atoms with van der Waals surface area (Å²) in [4.78, 5) is 79.5. The normalized spacial score (nSPS) is 12.8. The molecule has 2 amide bonds. The third kappa shape index (κ3) is 9.73. The van der Waals surface area contributed by atoms with Gasteiger partial charge in [-0.15, -0.1) is 0 Å². The second-order valence-electron chi connectivity index (χ2n) is 11.5. The number of hydrogen-bond donors (Lipinski definition) is 5. The van der Waals surface area contributed by atoms with Crippen molar-refractivity contribution in [1.29, 1.82) is 0 Å². The molecule has 55 heavy (non-hydrogen) atoms. The van der Waals surface area contributed by atoms with Crippen molar-refractivity contribution in [2.75, 3.05) is 19.7 Å². The van der Waals surface area contributed by atoms with E-state index in [0.717, 1.165) is 0 Å². The molecule has 20 heteroatoms. The van der Waals surface area contributed by atoms with Gasteiger partial charge in [0, 0.05) is 37.3 Å². The summed E-state index contributed by atoms with van der Waals surface area (Å²) in [6.07, 6.45) is 0.371. The summed E-state index contributed by atoms with van der Waals surface area (Å²) < 4.78 is 31.4. The molecule has 2 aliphatic heterocycles. The number of carboxylic acid groups (broad SMARTS) is 1. The maximum absolute atomic E-state index is 13.3. The van der Waals surface area contributed by atoms with Gasteiger partial charge in [-0.2, -0.15) is 0 Å². The van der Waals surface area contributed by atoms with Gasteiger partial charge in [-0.1, -0.05) is 42.8 Å². The number of pyridine rings is 2. The Bertz CT molecular complexity index is 2270. The second kappa shape index (κ2) is 19.2. The average Bonchev–Trinajstić information content (AvgIpc) is 3.10. The number of aromatic nitrogens is 2. The van der Waals surface area contributed by atoms with Crippen LogP contribution < -0.4 is 40.7 Å². The van der Waals surface area contributed by atoms with Crippen molar-refractivity contribution in [3.05, 3.63) is 124 Å². The number of esters is 1. The molecule has 4 aromatic rings. The molecule has 0 spiro atoms. The van der Waals surface area contributed by atoms with Crippen LogP contribution in [0.3, 0.4) is 0 Å². The predicted molar refractivity (Wildman–Crippen MR) is 189 cm³/mol. The zero-order valence-corrected chi connectivity index (χ0v) is 32.0. The van der Waals surface area contributed by atoms with Crippen LogP contribution in [0, 0.1) is 11.6 Å². The fraction of sp³-hybridized carbons (Fsp3) is 0.257. The van der Waals surface area contributed by atoms with Crippen LogP contribution in [0.5, 0.6) is 11.5 Å². The molecule has 0 saturated heterocycles. The van der Waals surface area contributed by atoms with Gasteiger partial charge in [-0.05, 0) is 55.2 Å². The maximum atomic E-state index is 13.3. The Hall–Kier alpha value is -4.78. The Balaban J connectivity index is 0.000000361. The molecular formula is C35H33Cl2F2N4NaO11. The van der Waals surface area contributed by atoms with Crippen molar-refractivity contribution in [1.82, 2.24) is 19.8 Å². The number of carbonyl (C=O) groups is 4. The summed E-state index contributed by atoms with van der Waals surface area (Å²) in [5.74, 6) is -6.15. The van der Waals surface area contributed by atoms with Gasteiger partial charge in [0.25, 0.3) is 22.9 Å². The summed E-state index contributed by atoms with van der Waals surface area (Å²) in [6.45, 7) is 2.31. The first-order valence-electron chi connectivity index (χ1n) is 15.5. The molecule has 288 valence electrons. The molecule has 0 radical (unpaired) electrons. The third-order valence-corrected chi connectivity index (χ3v) is 8.84. The maximum Gasteiger partial charge on any atom is 1.00 e. The van der Waals surface area contributed by atoms with E-state index in [1.807, 2.05) is 0 Å². The first-order valence-corrected chi connectivity index (χ1v) is 16.2. The largest absolute Gasteiger partial charge is 1.00 e. The standard InChI is InChI=1S/C18H16ClFN2O5.C16H12ClFN2O5.CH4.Na.H2O/c1-2-27-18(26)14-10-5-6-22(8-9-3-4-12(20)11(19)7-9)17(25)13(10)15(23)16(24)21-14;17-9-5-7(1-2-10(9)18)6-20-4-3-8-11(15(20)23)13(21)14(22)19-12(8)16(24)25;;;/h3-4,7,23H,2,5-6,8H2,1H3,(H,21,24);1-2,5,21H,3-4,6H2,(H,19,22)(H,24,25);1H4;;1H2/q;;;+1;/p-1. The number of rotatable bonds is 7. The van der Waals surface area contributed by atoms with E-state index >= 15 is 0 Å². The van der Waals surface area contributed by atoms with Crippen LogP contribution in [-0.2, 0) is 30.7 Å². The molecule has 0 saturated carbocycles. The molecule has 2 aromatic carbocycles. The minimum absolute atomic E-state index is 0. The van der Waals surface area contributed by atoms with Crippen LogP contribution in [0.4, 0.5) is 8.78 Å². The number of carboxylic acids is 1. The molecule has 0 aliphatic carbocycles. The Labute approximate surface area is 343 Å². The summed E-state index contributed by atoms with van der Waals surface area (Å²) >= 11 is 11.5. The monoisotopic (exact) mass is 816 g/mol. The van der Waals surface area contributed by atoms with E-state index in [-0.39, 0.29) is 126 Å².